The molecule has 2 nitrogen and oxygen atoms in total. The van der Waals surface area contributed by atoms with E-state index < -0.39 is 27.5 Å². The lowest BCUT2D eigenvalue weighted by molar-refractivity contribution is -0.106. The predicted octanol–water partition coefficient (Wildman–Crippen LogP) is 1.37. The second-order valence-electron chi connectivity index (χ2n) is 2.21. The molecule has 0 bridgehead atoms. The summed E-state index contributed by atoms with van der Waals surface area (Å²) in [5.41, 5.74) is 0. The Bertz CT molecular complexity index is 204. The quantitative estimate of drug-likeness (QED) is 0.673. The van der Waals surface area contributed by atoms with Gasteiger partial charge >= 0.3 is 6.18 Å². The molecule has 68 valence electrons. The molecular weight excluding hydrogens is 181 g/mol. The molecular formula is C5H9F3O2S. The highest BCUT2D eigenvalue weighted by Gasteiger charge is 2.34. The third-order valence-corrected chi connectivity index (χ3v) is 2.70. The van der Waals surface area contributed by atoms with Crippen molar-refractivity contribution in [2.24, 2.45) is 0 Å². The standard InChI is InChI=1S/C5H9F3O2S/c1-2-3-11(9,10)4-5(6,7)8/h2-4H2,1H3. The first-order chi connectivity index (χ1) is 4.77. The van der Waals surface area contributed by atoms with Crippen LogP contribution in [0.15, 0.2) is 0 Å². The topological polar surface area (TPSA) is 34.1 Å². The Morgan fingerprint density at radius 2 is 1.73 bits per heavy atom. The minimum atomic E-state index is -4.60. The van der Waals surface area contributed by atoms with Crippen molar-refractivity contribution in [3.05, 3.63) is 0 Å². The van der Waals surface area contributed by atoms with E-state index in [-0.39, 0.29) is 6.42 Å². The number of alkyl halides is 3. The van der Waals surface area contributed by atoms with E-state index in [1.165, 1.54) is 6.92 Å². The summed E-state index contributed by atoms with van der Waals surface area (Å²) in [6.45, 7) is 1.52. The van der Waals surface area contributed by atoms with E-state index in [9.17, 15) is 21.6 Å². The van der Waals surface area contributed by atoms with Crippen LogP contribution in [-0.4, -0.2) is 26.1 Å². The first-order valence-electron chi connectivity index (χ1n) is 3.04. The lowest BCUT2D eigenvalue weighted by Gasteiger charge is -2.05. The van der Waals surface area contributed by atoms with E-state index in [1.807, 2.05) is 0 Å². The van der Waals surface area contributed by atoms with Gasteiger partial charge in [-0.15, -0.1) is 0 Å². The van der Waals surface area contributed by atoms with E-state index >= 15 is 0 Å². The summed E-state index contributed by atoms with van der Waals surface area (Å²) in [4.78, 5) is 0. The van der Waals surface area contributed by atoms with Crippen LogP contribution < -0.4 is 0 Å². The van der Waals surface area contributed by atoms with Crippen LogP contribution in [0.5, 0.6) is 0 Å². The lowest BCUT2D eigenvalue weighted by atomic mass is 10.6. The zero-order valence-electron chi connectivity index (χ0n) is 5.98. The molecule has 0 aliphatic carbocycles. The minimum Gasteiger partial charge on any atom is -0.228 e. The largest absolute Gasteiger partial charge is 0.402 e. The van der Waals surface area contributed by atoms with E-state index in [4.69, 9.17) is 0 Å². The molecule has 0 rings (SSSR count). The zero-order valence-corrected chi connectivity index (χ0v) is 6.80. The van der Waals surface area contributed by atoms with Crippen molar-refractivity contribution in [3.63, 3.8) is 0 Å². The maximum absolute atomic E-state index is 11.5. The third-order valence-electron chi connectivity index (χ3n) is 0.899. The average Bonchev–Trinajstić information content (AvgIpc) is 1.55. The van der Waals surface area contributed by atoms with Crippen LogP contribution in [-0.2, 0) is 9.84 Å². The summed E-state index contributed by atoms with van der Waals surface area (Å²) >= 11 is 0. The number of halogens is 3. The van der Waals surface area contributed by atoms with Crippen LogP contribution in [0, 0.1) is 0 Å². The molecule has 0 fully saturated rings. The van der Waals surface area contributed by atoms with Gasteiger partial charge in [0.25, 0.3) is 0 Å². The fraction of sp³-hybridized carbons (Fsp3) is 1.00. The van der Waals surface area contributed by atoms with E-state index in [0.717, 1.165) is 0 Å². The summed E-state index contributed by atoms with van der Waals surface area (Å²) in [7, 11) is -3.91. The van der Waals surface area contributed by atoms with Crippen LogP contribution >= 0.6 is 0 Å². The number of hydrogen-bond donors (Lipinski definition) is 0. The Balaban J connectivity index is 4.15. The SMILES string of the molecule is CCCS(=O)(=O)CC(F)(F)F. The summed E-state index contributed by atoms with van der Waals surface area (Å²) < 4.78 is 55.5. The molecule has 0 aromatic carbocycles. The molecule has 0 heterocycles. The first-order valence-corrected chi connectivity index (χ1v) is 4.86. The summed E-state index contributed by atoms with van der Waals surface area (Å²) in [5, 5.41) is 0. The molecule has 0 spiro atoms. The fourth-order valence-electron chi connectivity index (χ4n) is 0.633. The van der Waals surface area contributed by atoms with Gasteiger partial charge in [0.15, 0.2) is 9.84 Å². The highest BCUT2D eigenvalue weighted by atomic mass is 32.2. The van der Waals surface area contributed by atoms with Crippen molar-refractivity contribution in [3.8, 4) is 0 Å². The van der Waals surface area contributed by atoms with Gasteiger partial charge in [0.2, 0.25) is 0 Å². The second-order valence-corrected chi connectivity index (χ2v) is 4.39. The molecule has 0 aromatic heterocycles. The highest BCUT2D eigenvalue weighted by molar-refractivity contribution is 7.91. The number of hydrogen-bond acceptors (Lipinski definition) is 2. The molecule has 11 heavy (non-hydrogen) atoms. The number of rotatable bonds is 3. The van der Waals surface area contributed by atoms with Crippen LogP contribution in [0.2, 0.25) is 0 Å². The van der Waals surface area contributed by atoms with Crippen molar-refractivity contribution >= 4 is 9.84 Å². The highest BCUT2D eigenvalue weighted by Crippen LogP contribution is 2.17. The summed E-state index contributed by atoms with van der Waals surface area (Å²) in [6.07, 6.45) is -4.38. The molecule has 0 saturated heterocycles. The van der Waals surface area contributed by atoms with Gasteiger partial charge in [-0.2, -0.15) is 13.2 Å². The molecule has 0 aliphatic heterocycles. The second kappa shape index (κ2) is 3.42. The Labute approximate surface area is 63.3 Å². The third kappa shape index (κ3) is 6.15. The fourth-order valence-corrected chi connectivity index (χ4v) is 1.90. The van der Waals surface area contributed by atoms with Crippen molar-refractivity contribution < 1.29 is 21.6 Å². The van der Waals surface area contributed by atoms with Crippen LogP contribution in [0.4, 0.5) is 13.2 Å². The van der Waals surface area contributed by atoms with Gasteiger partial charge in [-0.3, -0.25) is 0 Å². The van der Waals surface area contributed by atoms with Crippen molar-refractivity contribution in [1.82, 2.24) is 0 Å². The van der Waals surface area contributed by atoms with Gasteiger partial charge in [-0.25, -0.2) is 8.42 Å². The van der Waals surface area contributed by atoms with Gasteiger partial charge in [0, 0.05) is 0 Å². The minimum absolute atomic E-state index is 0.221. The Morgan fingerprint density at radius 1 is 1.27 bits per heavy atom. The lowest BCUT2D eigenvalue weighted by Crippen LogP contribution is -2.24. The van der Waals surface area contributed by atoms with Crippen molar-refractivity contribution in [1.29, 1.82) is 0 Å². The molecule has 6 heteroatoms. The van der Waals surface area contributed by atoms with Crippen LogP contribution in [0.1, 0.15) is 13.3 Å². The summed E-state index contributed by atoms with van der Waals surface area (Å²) in [6, 6.07) is 0. The summed E-state index contributed by atoms with van der Waals surface area (Å²) in [5.74, 6) is -2.10. The Hall–Kier alpha value is -0.260. The molecule has 0 aliphatic rings. The van der Waals surface area contributed by atoms with E-state index in [0.29, 0.717) is 0 Å². The first kappa shape index (κ1) is 10.7. The van der Waals surface area contributed by atoms with Crippen LogP contribution in [0.3, 0.4) is 0 Å². The molecule has 0 saturated carbocycles. The molecule has 0 N–H and O–H groups in total. The van der Waals surface area contributed by atoms with E-state index in [1.54, 1.807) is 0 Å². The molecule has 0 unspecified atom stereocenters. The van der Waals surface area contributed by atoms with Gasteiger partial charge in [0.05, 0.1) is 5.75 Å². The van der Waals surface area contributed by atoms with Crippen molar-refractivity contribution in [2.75, 3.05) is 11.5 Å². The van der Waals surface area contributed by atoms with Gasteiger partial charge in [-0.05, 0) is 6.42 Å². The van der Waals surface area contributed by atoms with Crippen molar-refractivity contribution in [2.45, 2.75) is 19.5 Å². The molecule has 0 atom stereocenters. The van der Waals surface area contributed by atoms with Crippen LogP contribution in [0.25, 0.3) is 0 Å². The van der Waals surface area contributed by atoms with Gasteiger partial charge in [-0.1, -0.05) is 6.92 Å². The normalized spacial score (nSPS) is 13.5. The zero-order chi connectivity index (χ0) is 9.12. The maximum Gasteiger partial charge on any atom is 0.402 e. The maximum atomic E-state index is 11.5. The predicted molar refractivity (Wildman–Crippen MR) is 35.0 cm³/mol. The van der Waals surface area contributed by atoms with E-state index in [2.05, 4.69) is 0 Å². The number of sulfone groups is 1. The Morgan fingerprint density at radius 3 is 2.00 bits per heavy atom. The van der Waals surface area contributed by atoms with Gasteiger partial charge < -0.3 is 0 Å². The monoisotopic (exact) mass is 190 g/mol. The molecule has 0 radical (unpaired) electrons. The smallest absolute Gasteiger partial charge is 0.228 e. The average molecular weight is 190 g/mol. The molecule has 0 amide bonds. The van der Waals surface area contributed by atoms with Gasteiger partial charge in [0.1, 0.15) is 5.75 Å². The Kier molecular flexibility index (Phi) is 3.34. The molecule has 0 aromatic rings.